The summed E-state index contributed by atoms with van der Waals surface area (Å²) < 4.78 is 29.5. The van der Waals surface area contributed by atoms with E-state index in [-0.39, 0.29) is 17.5 Å². The SMILES string of the molecule is CC(C)NS(=O)(=O)Oc1ccccc1O. The van der Waals surface area contributed by atoms with Crippen LogP contribution in [0.15, 0.2) is 24.3 Å². The lowest BCUT2D eigenvalue weighted by atomic mass is 10.3. The van der Waals surface area contributed by atoms with Crippen molar-refractivity contribution in [2.75, 3.05) is 0 Å². The molecule has 0 aliphatic carbocycles. The van der Waals surface area contributed by atoms with Crippen LogP contribution in [0, 0.1) is 0 Å². The monoisotopic (exact) mass is 231 g/mol. The van der Waals surface area contributed by atoms with Gasteiger partial charge in [-0.1, -0.05) is 12.1 Å². The van der Waals surface area contributed by atoms with Gasteiger partial charge in [-0.3, -0.25) is 0 Å². The van der Waals surface area contributed by atoms with Gasteiger partial charge in [0.05, 0.1) is 0 Å². The lowest BCUT2D eigenvalue weighted by molar-refractivity contribution is 0.420. The molecule has 5 nitrogen and oxygen atoms in total. The summed E-state index contributed by atoms with van der Waals surface area (Å²) >= 11 is 0. The van der Waals surface area contributed by atoms with E-state index >= 15 is 0 Å². The van der Waals surface area contributed by atoms with E-state index in [1.807, 2.05) is 0 Å². The summed E-state index contributed by atoms with van der Waals surface area (Å²) in [4.78, 5) is 0. The summed E-state index contributed by atoms with van der Waals surface area (Å²) in [6.45, 7) is 3.34. The van der Waals surface area contributed by atoms with Crippen LogP contribution in [-0.2, 0) is 10.3 Å². The average Bonchev–Trinajstić information content (AvgIpc) is 2.06. The van der Waals surface area contributed by atoms with Crippen molar-refractivity contribution in [3.63, 3.8) is 0 Å². The van der Waals surface area contributed by atoms with Crippen LogP contribution in [0.25, 0.3) is 0 Å². The van der Waals surface area contributed by atoms with Crippen LogP contribution < -0.4 is 8.91 Å². The molecule has 0 saturated carbocycles. The van der Waals surface area contributed by atoms with E-state index in [1.165, 1.54) is 12.1 Å². The van der Waals surface area contributed by atoms with Crippen LogP contribution >= 0.6 is 0 Å². The Morgan fingerprint density at radius 3 is 2.47 bits per heavy atom. The number of phenolic OH excluding ortho intramolecular Hbond substituents is 1. The van der Waals surface area contributed by atoms with Gasteiger partial charge in [0.1, 0.15) is 0 Å². The van der Waals surface area contributed by atoms with Gasteiger partial charge < -0.3 is 9.29 Å². The molecule has 0 heterocycles. The molecule has 1 rings (SSSR count). The number of nitrogens with one attached hydrogen (secondary N) is 1. The second-order valence-electron chi connectivity index (χ2n) is 3.28. The number of benzene rings is 1. The predicted octanol–water partition coefficient (Wildman–Crippen LogP) is 1.01. The number of aromatic hydroxyl groups is 1. The molecule has 1 aromatic rings. The third-order valence-corrected chi connectivity index (χ3v) is 2.60. The Hall–Kier alpha value is -1.27. The van der Waals surface area contributed by atoms with E-state index in [4.69, 9.17) is 0 Å². The van der Waals surface area contributed by atoms with Gasteiger partial charge in [0.2, 0.25) is 0 Å². The van der Waals surface area contributed by atoms with Gasteiger partial charge >= 0.3 is 10.3 Å². The van der Waals surface area contributed by atoms with Crippen molar-refractivity contribution >= 4 is 10.3 Å². The second kappa shape index (κ2) is 4.50. The Balaban J connectivity index is 2.83. The Kier molecular flexibility index (Phi) is 3.54. The summed E-state index contributed by atoms with van der Waals surface area (Å²) in [5, 5.41) is 9.29. The van der Waals surface area contributed by atoms with Crippen molar-refractivity contribution in [1.82, 2.24) is 4.72 Å². The summed E-state index contributed by atoms with van der Waals surface area (Å²) in [7, 11) is -3.87. The largest absolute Gasteiger partial charge is 0.504 e. The molecule has 0 spiro atoms. The van der Waals surface area contributed by atoms with Gasteiger partial charge in [0, 0.05) is 6.04 Å². The molecule has 0 amide bonds. The lowest BCUT2D eigenvalue weighted by Crippen LogP contribution is -2.33. The molecule has 0 aliphatic rings. The molecule has 0 atom stereocenters. The molecule has 0 saturated heterocycles. The highest BCUT2D eigenvalue weighted by Crippen LogP contribution is 2.25. The van der Waals surface area contributed by atoms with E-state index in [0.29, 0.717) is 0 Å². The number of hydrogen-bond acceptors (Lipinski definition) is 4. The minimum absolute atomic E-state index is 0.0920. The van der Waals surface area contributed by atoms with Crippen molar-refractivity contribution in [1.29, 1.82) is 0 Å². The van der Waals surface area contributed by atoms with Crippen molar-refractivity contribution in [3.8, 4) is 11.5 Å². The zero-order chi connectivity index (χ0) is 11.5. The fraction of sp³-hybridized carbons (Fsp3) is 0.333. The van der Waals surface area contributed by atoms with Crippen molar-refractivity contribution in [3.05, 3.63) is 24.3 Å². The van der Waals surface area contributed by atoms with Gasteiger partial charge in [-0.25, -0.2) is 0 Å². The highest BCUT2D eigenvalue weighted by atomic mass is 32.2. The normalized spacial score (nSPS) is 11.7. The van der Waals surface area contributed by atoms with Crippen LogP contribution in [-0.4, -0.2) is 19.6 Å². The Morgan fingerprint density at radius 2 is 1.93 bits per heavy atom. The molecule has 2 N–H and O–H groups in total. The first kappa shape index (κ1) is 11.8. The molecule has 0 fully saturated rings. The maximum atomic E-state index is 11.3. The topological polar surface area (TPSA) is 75.6 Å². The second-order valence-corrected chi connectivity index (χ2v) is 4.59. The molecule has 15 heavy (non-hydrogen) atoms. The van der Waals surface area contributed by atoms with Gasteiger partial charge in [-0.05, 0) is 26.0 Å². The van der Waals surface area contributed by atoms with E-state index < -0.39 is 10.3 Å². The maximum absolute atomic E-state index is 11.3. The molecule has 0 unspecified atom stereocenters. The Bertz CT molecular complexity index is 427. The smallest absolute Gasteiger partial charge is 0.382 e. The molecule has 84 valence electrons. The third kappa shape index (κ3) is 3.77. The number of rotatable bonds is 4. The highest BCUT2D eigenvalue weighted by molar-refractivity contribution is 7.85. The Labute approximate surface area is 89.0 Å². The van der Waals surface area contributed by atoms with E-state index in [1.54, 1.807) is 26.0 Å². The molecule has 0 bridgehead atoms. The third-order valence-electron chi connectivity index (χ3n) is 1.44. The van der Waals surface area contributed by atoms with Gasteiger partial charge in [0.15, 0.2) is 11.5 Å². The standard InChI is InChI=1S/C9H13NO4S/c1-7(2)10-15(12,13)14-9-6-4-3-5-8(9)11/h3-7,10-11H,1-2H3. The molecule has 0 aliphatic heterocycles. The molecule has 0 radical (unpaired) electrons. The molecule has 0 aromatic heterocycles. The summed E-state index contributed by atoms with van der Waals surface area (Å²) in [6.07, 6.45) is 0. The maximum Gasteiger partial charge on any atom is 0.382 e. The number of para-hydroxylation sites is 2. The molecular weight excluding hydrogens is 218 g/mol. The first-order valence-electron chi connectivity index (χ1n) is 4.40. The van der Waals surface area contributed by atoms with Crippen molar-refractivity contribution < 1.29 is 17.7 Å². The molecule has 6 heteroatoms. The predicted molar refractivity (Wildman–Crippen MR) is 55.9 cm³/mol. The van der Waals surface area contributed by atoms with Gasteiger partial charge in [-0.2, -0.15) is 13.1 Å². The molecular formula is C9H13NO4S. The average molecular weight is 231 g/mol. The lowest BCUT2D eigenvalue weighted by Gasteiger charge is -2.10. The van der Waals surface area contributed by atoms with Gasteiger partial charge in [0.25, 0.3) is 0 Å². The number of hydrogen-bond donors (Lipinski definition) is 2. The van der Waals surface area contributed by atoms with Crippen LogP contribution in [0.1, 0.15) is 13.8 Å². The van der Waals surface area contributed by atoms with Crippen LogP contribution in [0.5, 0.6) is 11.5 Å². The minimum Gasteiger partial charge on any atom is -0.504 e. The number of phenols is 1. The van der Waals surface area contributed by atoms with Crippen LogP contribution in [0.2, 0.25) is 0 Å². The summed E-state index contributed by atoms with van der Waals surface area (Å²) in [6, 6.07) is 5.60. The summed E-state index contributed by atoms with van der Waals surface area (Å²) in [5.41, 5.74) is 0. The fourth-order valence-corrected chi connectivity index (χ4v) is 1.96. The molecule has 1 aromatic carbocycles. The van der Waals surface area contributed by atoms with Crippen LogP contribution in [0.4, 0.5) is 0 Å². The zero-order valence-electron chi connectivity index (χ0n) is 8.47. The van der Waals surface area contributed by atoms with Crippen LogP contribution in [0.3, 0.4) is 0 Å². The van der Waals surface area contributed by atoms with E-state index in [0.717, 1.165) is 0 Å². The van der Waals surface area contributed by atoms with E-state index in [2.05, 4.69) is 8.91 Å². The Morgan fingerprint density at radius 1 is 1.33 bits per heavy atom. The zero-order valence-corrected chi connectivity index (χ0v) is 9.28. The van der Waals surface area contributed by atoms with Crippen molar-refractivity contribution in [2.24, 2.45) is 0 Å². The quantitative estimate of drug-likeness (QED) is 0.811. The highest BCUT2D eigenvalue weighted by Gasteiger charge is 2.15. The first-order chi connectivity index (χ1) is 6.91. The summed E-state index contributed by atoms with van der Waals surface area (Å²) in [5.74, 6) is -0.308. The first-order valence-corrected chi connectivity index (χ1v) is 5.81. The fourth-order valence-electron chi connectivity index (χ4n) is 0.959. The minimum atomic E-state index is -3.87. The van der Waals surface area contributed by atoms with E-state index in [9.17, 15) is 13.5 Å². The van der Waals surface area contributed by atoms with Gasteiger partial charge in [-0.15, -0.1) is 0 Å². The van der Waals surface area contributed by atoms with Crippen molar-refractivity contribution in [2.45, 2.75) is 19.9 Å².